The van der Waals surface area contributed by atoms with Crippen LogP contribution in [-0.4, -0.2) is 13.1 Å². The molecule has 0 spiro atoms. The van der Waals surface area contributed by atoms with Gasteiger partial charge in [-0.25, -0.2) is 0 Å². The lowest BCUT2D eigenvalue weighted by Gasteiger charge is -2.05. The van der Waals surface area contributed by atoms with Crippen LogP contribution in [0.1, 0.15) is 22.6 Å². The zero-order valence-electron chi connectivity index (χ0n) is 7.74. The van der Waals surface area contributed by atoms with Gasteiger partial charge in [0.05, 0.1) is 13.0 Å². The maximum absolute atomic E-state index is 11.2. The van der Waals surface area contributed by atoms with Crippen LogP contribution in [0.2, 0.25) is 0 Å². The van der Waals surface area contributed by atoms with Crippen molar-refractivity contribution in [1.82, 2.24) is 0 Å². The number of ether oxygens (including phenoxy) is 1. The molecule has 0 saturated heterocycles. The van der Waals surface area contributed by atoms with Gasteiger partial charge < -0.3 is 4.74 Å². The van der Waals surface area contributed by atoms with Gasteiger partial charge in [0, 0.05) is 9.75 Å². The third-order valence-electron chi connectivity index (χ3n) is 1.83. The average Bonchev–Trinajstić information content (AvgIpc) is 2.63. The Morgan fingerprint density at radius 2 is 2.38 bits per heavy atom. The van der Waals surface area contributed by atoms with Crippen LogP contribution in [0.5, 0.6) is 0 Å². The van der Waals surface area contributed by atoms with Gasteiger partial charge in [-0.1, -0.05) is 12.7 Å². The third kappa shape index (κ3) is 2.18. The SMILES string of the molecule is C=Cc1ccc(C(C)C(=O)OC)s1. The van der Waals surface area contributed by atoms with Crippen molar-refractivity contribution in [3.05, 3.63) is 28.5 Å². The second-order valence-corrected chi connectivity index (χ2v) is 3.84. The Hall–Kier alpha value is -1.09. The van der Waals surface area contributed by atoms with Crippen LogP contribution in [0, 0.1) is 0 Å². The molecule has 3 heteroatoms. The fraction of sp³-hybridized carbons (Fsp3) is 0.300. The van der Waals surface area contributed by atoms with E-state index in [2.05, 4.69) is 11.3 Å². The van der Waals surface area contributed by atoms with E-state index in [0.717, 1.165) is 9.75 Å². The molecule has 1 rings (SSSR count). The van der Waals surface area contributed by atoms with Gasteiger partial charge in [-0.2, -0.15) is 0 Å². The molecule has 1 aromatic heterocycles. The molecule has 0 aliphatic rings. The Morgan fingerprint density at radius 1 is 1.69 bits per heavy atom. The van der Waals surface area contributed by atoms with Gasteiger partial charge in [0.25, 0.3) is 0 Å². The van der Waals surface area contributed by atoms with E-state index in [4.69, 9.17) is 0 Å². The first-order valence-corrected chi connectivity index (χ1v) is 4.80. The summed E-state index contributed by atoms with van der Waals surface area (Å²) in [4.78, 5) is 13.3. The summed E-state index contributed by atoms with van der Waals surface area (Å²) in [6, 6.07) is 3.88. The first-order chi connectivity index (χ1) is 6.19. The third-order valence-corrected chi connectivity index (χ3v) is 3.09. The molecule has 0 aromatic carbocycles. The summed E-state index contributed by atoms with van der Waals surface area (Å²) in [7, 11) is 1.40. The summed E-state index contributed by atoms with van der Waals surface area (Å²) in [5, 5.41) is 0. The van der Waals surface area contributed by atoms with Crippen molar-refractivity contribution in [3.8, 4) is 0 Å². The van der Waals surface area contributed by atoms with Crippen molar-refractivity contribution in [3.63, 3.8) is 0 Å². The van der Waals surface area contributed by atoms with Crippen molar-refractivity contribution < 1.29 is 9.53 Å². The summed E-state index contributed by atoms with van der Waals surface area (Å²) in [5.41, 5.74) is 0. The van der Waals surface area contributed by atoms with E-state index in [0.29, 0.717) is 0 Å². The van der Waals surface area contributed by atoms with Gasteiger partial charge >= 0.3 is 5.97 Å². The lowest BCUT2D eigenvalue weighted by molar-refractivity contribution is -0.141. The summed E-state index contributed by atoms with van der Waals surface area (Å²) in [6.07, 6.45) is 1.78. The molecule has 1 heterocycles. The number of esters is 1. The van der Waals surface area contributed by atoms with Gasteiger partial charge in [0.2, 0.25) is 0 Å². The number of carbonyl (C=O) groups excluding carboxylic acids is 1. The molecule has 70 valence electrons. The molecule has 0 saturated carbocycles. The summed E-state index contributed by atoms with van der Waals surface area (Å²) < 4.78 is 4.65. The molecular weight excluding hydrogens is 184 g/mol. The topological polar surface area (TPSA) is 26.3 Å². The lowest BCUT2D eigenvalue weighted by atomic mass is 10.1. The van der Waals surface area contributed by atoms with Crippen molar-refractivity contribution in [2.75, 3.05) is 7.11 Å². The monoisotopic (exact) mass is 196 g/mol. The number of carbonyl (C=O) groups is 1. The van der Waals surface area contributed by atoms with Crippen LogP contribution in [0.4, 0.5) is 0 Å². The second-order valence-electron chi connectivity index (χ2n) is 2.69. The van der Waals surface area contributed by atoms with E-state index < -0.39 is 0 Å². The number of hydrogen-bond donors (Lipinski definition) is 0. The number of rotatable bonds is 3. The Bertz CT molecular complexity index is 314. The van der Waals surface area contributed by atoms with E-state index >= 15 is 0 Å². The van der Waals surface area contributed by atoms with Crippen molar-refractivity contribution in [2.45, 2.75) is 12.8 Å². The minimum absolute atomic E-state index is 0.177. The highest BCUT2D eigenvalue weighted by molar-refractivity contribution is 7.13. The van der Waals surface area contributed by atoms with E-state index in [1.54, 1.807) is 17.4 Å². The first kappa shape index (κ1) is 9.99. The van der Waals surface area contributed by atoms with E-state index in [-0.39, 0.29) is 11.9 Å². The highest BCUT2D eigenvalue weighted by Gasteiger charge is 2.16. The number of thiophene rings is 1. The van der Waals surface area contributed by atoms with Gasteiger partial charge in [0.15, 0.2) is 0 Å². The van der Waals surface area contributed by atoms with Crippen molar-refractivity contribution >= 4 is 23.4 Å². The molecule has 1 aromatic rings. The Balaban J connectivity index is 2.82. The summed E-state index contributed by atoms with van der Waals surface area (Å²) in [6.45, 7) is 5.50. The minimum atomic E-state index is -0.197. The molecule has 0 radical (unpaired) electrons. The minimum Gasteiger partial charge on any atom is -0.469 e. The molecule has 1 atom stereocenters. The van der Waals surface area contributed by atoms with Crippen molar-refractivity contribution in [2.24, 2.45) is 0 Å². The second kappa shape index (κ2) is 4.23. The van der Waals surface area contributed by atoms with Crippen LogP contribution in [0.3, 0.4) is 0 Å². The van der Waals surface area contributed by atoms with Crippen LogP contribution < -0.4 is 0 Å². The lowest BCUT2D eigenvalue weighted by Crippen LogP contribution is -2.09. The van der Waals surface area contributed by atoms with Gasteiger partial charge in [0.1, 0.15) is 0 Å². The summed E-state index contributed by atoms with van der Waals surface area (Å²) >= 11 is 1.57. The van der Waals surface area contributed by atoms with Crippen molar-refractivity contribution in [1.29, 1.82) is 0 Å². The predicted octanol–water partition coefficient (Wildman–Crippen LogP) is 2.67. The fourth-order valence-electron chi connectivity index (χ4n) is 1.00. The predicted molar refractivity (Wildman–Crippen MR) is 54.8 cm³/mol. The van der Waals surface area contributed by atoms with Crippen LogP contribution >= 0.6 is 11.3 Å². The standard InChI is InChI=1S/C10H12O2S/c1-4-8-5-6-9(13-8)7(2)10(11)12-3/h4-7H,1H2,2-3H3. The molecule has 0 bridgehead atoms. The number of methoxy groups -OCH3 is 1. The quantitative estimate of drug-likeness (QED) is 0.695. The molecule has 2 nitrogen and oxygen atoms in total. The zero-order valence-corrected chi connectivity index (χ0v) is 8.56. The molecule has 1 unspecified atom stereocenters. The van der Waals surface area contributed by atoms with Gasteiger partial charge in [-0.3, -0.25) is 4.79 Å². The highest BCUT2D eigenvalue weighted by atomic mass is 32.1. The fourth-order valence-corrected chi connectivity index (χ4v) is 1.90. The summed E-state index contributed by atoms with van der Waals surface area (Å²) in [5.74, 6) is -0.374. The van der Waals surface area contributed by atoms with E-state index in [9.17, 15) is 4.79 Å². The van der Waals surface area contributed by atoms with Gasteiger partial charge in [-0.15, -0.1) is 11.3 Å². The molecule has 0 aliphatic heterocycles. The molecular formula is C10H12O2S. The van der Waals surface area contributed by atoms with E-state index in [1.807, 2.05) is 19.1 Å². The normalized spacial score (nSPS) is 12.2. The first-order valence-electron chi connectivity index (χ1n) is 3.99. The van der Waals surface area contributed by atoms with Crippen LogP contribution in [-0.2, 0) is 9.53 Å². The Morgan fingerprint density at radius 3 is 2.85 bits per heavy atom. The highest BCUT2D eigenvalue weighted by Crippen LogP contribution is 2.25. The smallest absolute Gasteiger partial charge is 0.313 e. The maximum Gasteiger partial charge on any atom is 0.313 e. The molecule has 13 heavy (non-hydrogen) atoms. The van der Waals surface area contributed by atoms with E-state index in [1.165, 1.54) is 7.11 Å². The Kier molecular flexibility index (Phi) is 3.25. The number of hydrogen-bond acceptors (Lipinski definition) is 3. The molecule has 0 fully saturated rings. The van der Waals surface area contributed by atoms with Gasteiger partial charge in [-0.05, 0) is 19.1 Å². The van der Waals surface area contributed by atoms with Crippen LogP contribution in [0.15, 0.2) is 18.7 Å². The molecule has 0 N–H and O–H groups in total. The Labute approximate surface area is 81.8 Å². The largest absolute Gasteiger partial charge is 0.469 e. The maximum atomic E-state index is 11.2. The average molecular weight is 196 g/mol. The molecule has 0 aliphatic carbocycles. The van der Waals surface area contributed by atoms with Crippen LogP contribution in [0.25, 0.3) is 6.08 Å². The zero-order chi connectivity index (χ0) is 9.84. The molecule has 0 amide bonds.